The molecule has 2 saturated heterocycles. The summed E-state index contributed by atoms with van der Waals surface area (Å²) < 4.78 is 6.42. The zero-order valence-electron chi connectivity index (χ0n) is 23.1. The van der Waals surface area contributed by atoms with E-state index in [0.29, 0.717) is 35.1 Å². The first-order valence-electron chi connectivity index (χ1n) is 14.8. The molecule has 0 aromatic rings. The van der Waals surface area contributed by atoms with Crippen LogP contribution in [0.4, 0.5) is 0 Å². The van der Waals surface area contributed by atoms with Crippen molar-refractivity contribution in [2.24, 2.45) is 29.1 Å². The molecule has 5 nitrogen and oxygen atoms in total. The van der Waals surface area contributed by atoms with E-state index in [4.69, 9.17) is 16.3 Å². The second-order valence-corrected chi connectivity index (χ2v) is 13.8. The van der Waals surface area contributed by atoms with Crippen molar-refractivity contribution in [2.75, 3.05) is 33.3 Å². The van der Waals surface area contributed by atoms with E-state index in [-0.39, 0.29) is 17.6 Å². The number of piperidine rings is 1. The van der Waals surface area contributed by atoms with Gasteiger partial charge in [-0.1, -0.05) is 19.9 Å². The van der Waals surface area contributed by atoms with Gasteiger partial charge in [0.15, 0.2) is 0 Å². The van der Waals surface area contributed by atoms with Crippen molar-refractivity contribution in [3.63, 3.8) is 0 Å². The van der Waals surface area contributed by atoms with Crippen molar-refractivity contribution in [3.8, 4) is 0 Å². The Morgan fingerprint density at radius 2 is 1.89 bits per heavy atom. The van der Waals surface area contributed by atoms with Crippen LogP contribution in [-0.2, 0) is 4.74 Å². The predicted molar refractivity (Wildman–Crippen MR) is 148 cm³/mol. The summed E-state index contributed by atoms with van der Waals surface area (Å²) >= 11 is 6.37. The molecule has 208 valence electrons. The molecule has 4 rings (SSSR count). The Morgan fingerprint density at radius 3 is 2.56 bits per heavy atom. The molecule has 0 bridgehead atoms. The average Bonchev–Trinajstić information content (AvgIpc) is 2.98. The number of ether oxygens (including phenoxy) is 1. The van der Waals surface area contributed by atoms with Gasteiger partial charge in [-0.3, -0.25) is 0 Å². The Hall–Kier alpha value is -0.170. The van der Waals surface area contributed by atoms with E-state index >= 15 is 0 Å². The van der Waals surface area contributed by atoms with Gasteiger partial charge in [0, 0.05) is 29.9 Å². The number of halogens is 1. The van der Waals surface area contributed by atoms with Gasteiger partial charge in [-0.15, -0.1) is 18.2 Å². The third kappa shape index (κ3) is 6.18. The minimum absolute atomic E-state index is 0.119. The zero-order chi connectivity index (χ0) is 25.9. The number of hydrogen-bond donors (Lipinski definition) is 3. The second-order valence-electron chi connectivity index (χ2n) is 13.2. The highest BCUT2D eigenvalue weighted by Crippen LogP contribution is 2.49. The molecule has 6 heteroatoms. The van der Waals surface area contributed by atoms with Crippen LogP contribution in [0.15, 0.2) is 12.7 Å². The normalized spacial score (nSPS) is 43.9. The highest BCUT2D eigenvalue weighted by molar-refractivity contribution is 6.20. The number of nitrogens with zero attached hydrogens (tertiary/aromatic N) is 1. The standard InChI is InChI=1S/C30H53ClN2O3/c1-5-7-25-24(26-18-23(34)13-14-28(26)36-19-27(25)32-4)8-6-16-33-17-15-30(35,29(2,3)20-33)21-9-11-22(31)12-10-21/h5,21-28,32,34-35H,1,6-20H2,2-4H3. The molecule has 2 aliphatic heterocycles. The molecule has 3 N–H and O–H groups in total. The van der Waals surface area contributed by atoms with Crippen LogP contribution in [-0.4, -0.2) is 77.6 Å². The summed E-state index contributed by atoms with van der Waals surface area (Å²) in [5.74, 6) is 1.83. The van der Waals surface area contributed by atoms with Crippen molar-refractivity contribution in [3.05, 3.63) is 12.7 Å². The van der Waals surface area contributed by atoms with Crippen LogP contribution in [0.5, 0.6) is 0 Å². The number of fused-ring (bicyclic) bond motifs is 1. The number of allylic oxidation sites excluding steroid dienone is 1. The predicted octanol–water partition coefficient (Wildman–Crippen LogP) is 4.98. The minimum atomic E-state index is -0.584. The number of likely N-dealkylation sites (N-methyl/N-ethyl adjacent to an activating group) is 1. The van der Waals surface area contributed by atoms with Crippen molar-refractivity contribution >= 4 is 11.6 Å². The second kappa shape index (κ2) is 12.3. The molecule has 0 amide bonds. The lowest BCUT2D eigenvalue weighted by molar-refractivity contribution is -0.161. The summed E-state index contributed by atoms with van der Waals surface area (Å²) in [6.45, 7) is 12.4. The number of likely N-dealkylation sites (tertiary alicyclic amines) is 1. The molecular weight excluding hydrogens is 472 g/mol. The van der Waals surface area contributed by atoms with Gasteiger partial charge >= 0.3 is 0 Å². The molecule has 0 spiro atoms. The van der Waals surface area contributed by atoms with Gasteiger partial charge < -0.3 is 25.2 Å². The fourth-order valence-electron chi connectivity index (χ4n) is 8.51. The summed E-state index contributed by atoms with van der Waals surface area (Å²) in [5.41, 5.74) is -0.702. The summed E-state index contributed by atoms with van der Waals surface area (Å²) in [6.07, 6.45) is 13.2. The first-order chi connectivity index (χ1) is 17.2. The van der Waals surface area contributed by atoms with E-state index in [0.717, 1.165) is 96.9 Å². The van der Waals surface area contributed by atoms with Gasteiger partial charge in [0.1, 0.15) is 0 Å². The fourth-order valence-corrected chi connectivity index (χ4v) is 8.76. The van der Waals surface area contributed by atoms with E-state index in [1.54, 1.807) is 0 Å². The molecule has 4 fully saturated rings. The van der Waals surface area contributed by atoms with E-state index in [9.17, 15) is 10.2 Å². The molecule has 4 aliphatic rings. The van der Waals surface area contributed by atoms with E-state index < -0.39 is 5.60 Å². The quantitative estimate of drug-likeness (QED) is 0.308. The smallest absolute Gasteiger partial charge is 0.0750 e. The number of aliphatic hydroxyl groups excluding tert-OH is 1. The monoisotopic (exact) mass is 524 g/mol. The Morgan fingerprint density at radius 1 is 1.14 bits per heavy atom. The number of alkyl halides is 1. The SMILES string of the molecule is C=CCC1C(NC)COC2CCC(O)CC2C1CCCN1CCC(O)(C2CCC(Cl)CC2)C(C)(C)C1. The maximum absolute atomic E-state index is 11.9. The van der Waals surface area contributed by atoms with Crippen LogP contribution in [0.25, 0.3) is 0 Å². The number of nitrogens with one attached hydrogen (secondary N) is 1. The molecule has 7 unspecified atom stereocenters. The average molecular weight is 525 g/mol. The van der Waals surface area contributed by atoms with Crippen molar-refractivity contribution < 1.29 is 14.9 Å². The summed E-state index contributed by atoms with van der Waals surface area (Å²) in [4.78, 5) is 2.60. The van der Waals surface area contributed by atoms with Crippen molar-refractivity contribution in [1.82, 2.24) is 10.2 Å². The van der Waals surface area contributed by atoms with E-state index in [1.165, 1.54) is 0 Å². The molecule has 0 aromatic carbocycles. The lowest BCUT2D eigenvalue weighted by atomic mass is 9.60. The number of rotatable bonds is 8. The molecular formula is C30H53ClN2O3. The third-order valence-corrected chi connectivity index (χ3v) is 11.1. The first kappa shape index (κ1) is 28.8. The lowest BCUT2D eigenvalue weighted by Gasteiger charge is -2.55. The minimum Gasteiger partial charge on any atom is -0.393 e. The first-order valence-corrected chi connectivity index (χ1v) is 15.3. The molecule has 2 saturated carbocycles. The molecule has 36 heavy (non-hydrogen) atoms. The van der Waals surface area contributed by atoms with Crippen molar-refractivity contribution in [2.45, 2.75) is 114 Å². The molecule has 2 heterocycles. The highest BCUT2D eigenvalue weighted by atomic mass is 35.5. The van der Waals surface area contributed by atoms with Gasteiger partial charge in [0.2, 0.25) is 0 Å². The summed E-state index contributed by atoms with van der Waals surface area (Å²) in [5, 5.41) is 26.2. The lowest BCUT2D eigenvalue weighted by Crippen LogP contribution is -2.61. The van der Waals surface area contributed by atoms with Crippen LogP contribution in [0.1, 0.15) is 84.5 Å². The molecule has 0 aromatic heterocycles. The maximum Gasteiger partial charge on any atom is 0.0750 e. The Balaban J connectivity index is 1.38. The van der Waals surface area contributed by atoms with E-state index in [2.05, 4.69) is 43.8 Å². The van der Waals surface area contributed by atoms with Gasteiger partial charge in [-0.05, 0) is 108 Å². The maximum atomic E-state index is 11.9. The van der Waals surface area contributed by atoms with Gasteiger partial charge in [-0.25, -0.2) is 0 Å². The Bertz CT molecular complexity index is 712. The summed E-state index contributed by atoms with van der Waals surface area (Å²) in [6, 6.07) is 0.336. The third-order valence-electron chi connectivity index (χ3n) is 10.7. The Kier molecular flexibility index (Phi) is 9.88. The van der Waals surface area contributed by atoms with Crippen LogP contribution < -0.4 is 5.32 Å². The molecule has 2 aliphatic carbocycles. The topological polar surface area (TPSA) is 65.0 Å². The largest absolute Gasteiger partial charge is 0.393 e. The molecule has 0 radical (unpaired) electrons. The summed E-state index contributed by atoms with van der Waals surface area (Å²) in [7, 11) is 2.06. The fraction of sp³-hybridized carbons (Fsp3) is 0.933. The molecule has 7 atom stereocenters. The van der Waals surface area contributed by atoms with Gasteiger partial charge in [0.05, 0.1) is 24.4 Å². The Labute approximate surface area is 225 Å². The highest BCUT2D eigenvalue weighted by Gasteiger charge is 2.52. The van der Waals surface area contributed by atoms with Crippen LogP contribution in [0.2, 0.25) is 0 Å². The van der Waals surface area contributed by atoms with Crippen LogP contribution >= 0.6 is 11.6 Å². The number of aliphatic hydroxyl groups is 2. The van der Waals surface area contributed by atoms with E-state index in [1.807, 2.05) is 0 Å². The van der Waals surface area contributed by atoms with Gasteiger partial charge in [-0.2, -0.15) is 0 Å². The van der Waals surface area contributed by atoms with Gasteiger partial charge in [0.25, 0.3) is 0 Å². The van der Waals surface area contributed by atoms with Crippen molar-refractivity contribution in [1.29, 1.82) is 0 Å². The zero-order valence-corrected chi connectivity index (χ0v) is 23.9. The van der Waals surface area contributed by atoms with Crippen LogP contribution in [0, 0.1) is 29.1 Å². The van der Waals surface area contributed by atoms with Crippen LogP contribution in [0.3, 0.4) is 0 Å². The number of hydrogen-bond acceptors (Lipinski definition) is 5.